The van der Waals surface area contributed by atoms with Gasteiger partial charge in [-0.3, -0.25) is 14.4 Å². The third-order valence-corrected chi connectivity index (χ3v) is 5.32. The molecule has 0 bridgehead atoms. The summed E-state index contributed by atoms with van der Waals surface area (Å²) in [5.74, 6) is -0.797. The highest BCUT2D eigenvalue weighted by Gasteiger charge is 2.50. The minimum Gasteiger partial charge on any atom is -0.385 e. The van der Waals surface area contributed by atoms with Crippen LogP contribution in [-0.4, -0.2) is 61.6 Å². The average Bonchev–Trinajstić information content (AvgIpc) is 3.49. The fourth-order valence-corrected chi connectivity index (χ4v) is 3.31. The number of Topliss-reactive ketones (excluding diaryl/α,β-unsaturated/α-hetero) is 1. The number of amides is 2. The van der Waals surface area contributed by atoms with Gasteiger partial charge >= 0.3 is 0 Å². The quantitative estimate of drug-likeness (QED) is 0.398. The Labute approximate surface area is 184 Å². The van der Waals surface area contributed by atoms with Gasteiger partial charge in [0, 0.05) is 20.1 Å². The number of hydrogen-bond donors (Lipinski definition) is 3. The zero-order valence-corrected chi connectivity index (χ0v) is 18.9. The monoisotopic (exact) mass is 433 g/mol. The molecule has 1 heterocycles. The standard InChI is InChI=1S/C23H35N3O5/c1-15(2)12-18(20(27)23(3)14-31-23)25-22(29)19(13-16-8-6-5-7-9-16)26-21(28)17(24)10-11-30-4/h5-9,15,17-19H,10-14,24H2,1-4H3,(H,25,29)(H,26,28)/t17-,18-,19-,23+/m0/s1. The molecule has 1 aliphatic rings. The highest BCUT2D eigenvalue weighted by molar-refractivity contribution is 5.98. The lowest BCUT2D eigenvalue weighted by Crippen LogP contribution is -2.56. The molecule has 1 fully saturated rings. The van der Waals surface area contributed by atoms with Crippen molar-refractivity contribution in [3.05, 3.63) is 35.9 Å². The summed E-state index contributed by atoms with van der Waals surface area (Å²) in [6.07, 6.45) is 1.11. The lowest BCUT2D eigenvalue weighted by Gasteiger charge is -2.26. The van der Waals surface area contributed by atoms with E-state index in [9.17, 15) is 14.4 Å². The summed E-state index contributed by atoms with van der Waals surface area (Å²) in [5, 5.41) is 5.61. The second-order valence-corrected chi connectivity index (χ2v) is 8.71. The van der Waals surface area contributed by atoms with E-state index in [0.29, 0.717) is 26.1 Å². The third-order valence-electron chi connectivity index (χ3n) is 5.32. The van der Waals surface area contributed by atoms with Crippen LogP contribution in [0.15, 0.2) is 30.3 Å². The topological polar surface area (TPSA) is 123 Å². The first-order chi connectivity index (χ1) is 14.7. The molecule has 1 saturated heterocycles. The van der Waals surface area contributed by atoms with Crippen LogP contribution in [0.3, 0.4) is 0 Å². The number of ether oxygens (including phenoxy) is 2. The maximum Gasteiger partial charge on any atom is 0.243 e. The van der Waals surface area contributed by atoms with Crippen molar-refractivity contribution in [3.63, 3.8) is 0 Å². The Kier molecular flexibility index (Phi) is 9.15. The molecule has 8 heteroatoms. The number of nitrogens with one attached hydrogen (secondary N) is 2. The highest BCUT2D eigenvalue weighted by atomic mass is 16.6. The normalized spacial score (nSPS) is 20.6. The Morgan fingerprint density at radius 1 is 1.13 bits per heavy atom. The van der Waals surface area contributed by atoms with Crippen molar-refractivity contribution in [2.45, 2.75) is 63.8 Å². The van der Waals surface area contributed by atoms with Gasteiger partial charge in [0.15, 0.2) is 5.78 Å². The Hall–Kier alpha value is -2.29. The molecule has 2 amide bonds. The molecule has 1 aromatic carbocycles. The maximum atomic E-state index is 13.2. The minimum absolute atomic E-state index is 0.142. The number of ketones is 1. The predicted molar refractivity (Wildman–Crippen MR) is 117 cm³/mol. The number of carbonyl (C=O) groups is 3. The number of nitrogens with two attached hydrogens (primary N) is 1. The summed E-state index contributed by atoms with van der Waals surface area (Å²) >= 11 is 0. The number of methoxy groups -OCH3 is 1. The van der Waals surface area contributed by atoms with E-state index in [0.717, 1.165) is 5.56 Å². The second-order valence-electron chi connectivity index (χ2n) is 8.71. The zero-order valence-electron chi connectivity index (χ0n) is 18.9. The Bertz CT molecular complexity index is 749. The first-order valence-corrected chi connectivity index (χ1v) is 10.7. The van der Waals surface area contributed by atoms with Gasteiger partial charge in [0.25, 0.3) is 0 Å². The summed E-state index contributed by atoms with van der Waals surface area (Å²) in [6.45, 7) is 6.40. The van der Waals surface area contributed by atoms with Crippen molar-refractivity contribution in [1.29, 1.82) is 0 Å². The molecule has 0 spiro atoms. The zero-order chi connectivity index (χ0) is 23.0. The summed E-state index contributed by atoms with van der Waals surface area (Å²) in [5.41, 5.74) is 5.98. The summed E-state index contributed by atoms with van der Waals surface area (Å²) in [6, 6.07) is 7.04. The molecule has 0 aliphatic carbocycles. The van der Waals surface area contributed by atoms with Crippen molar-refractivity contribution in [1.82, 2.24) is 10.6 Å². The van der Waals surface area contributed by atoms with Crippen molar-refractivity contribution < 1.29 is 23.9 Å². The van der Waals surface area contributed by atoms with Gasteiger partial charge in [-0.05, 0) is 31.2 Å². The van der Waals surface area contributed by atoms with Gasteiger partial charge in [-0.25, -0.2) is 0 Å². The second kappa shape index (κ2) is 11.4. The largest absolute Gasteiger partial charge is 0.385 e. The SMILES string of the molecule is COCC[C@H](N)C(=O)N[C@@H](Cc1ccccc1)C(=O)N[C@@H](CC(C)C)C(=O)[C@@]1(C)CO1. The third kappa shape index (κ3) is 7.72. The molecule has 1 aliphatic heterocycles. The van der Waals surface area contributed by atoms with Crippen LogP contribution < -0.4 is 16.4 Å². The first-order valence-electron chi connectivity index (χ1n) is 10.7. The van der Waals surface area contributed by atoms with Gasteiger partial charge in [0.1, 0.15) is 11.6 Å². The number of rotatable bonds is 13. The number of benzene rings is 1. The molecular formula is C23H35N3O5. The van der Waals surface area contributed by atoms with Crippen LogP contribution in [0.2, 0.25) is 0 Å². The summed E-state index contributed by atoms with van der Waals surface area (Å²) in [4.78, 5) is 38.6. The molecule has 0 saturated carbocycles. The van der Waals surface area contributed by atoms with E-state index in [1.807, 2.05) is 44.2 Å². The smallest absolute Gasteiger partial charge is 0.243 e. The minimum atomic E-state index is -0.862. The van der Waals surface area contributed by atoms with Crippen molar-refractivity contribution in [2.75, 3.05) is 20.3 Å². The molecule has 8 nitrogen and oxygen atoms in total. The van der Waals surface area contributed by atoms with E-state index in [-0.39, 0.29) is 18.1 Å². The Balaban J connectivity index is 2.14. The van der Waals surface area contributed by atoms with Crippen LogP contribution in [0.1, 0.15) is 39.2 Å². The summed E-state index contributed by atoms with van der Waals surface area (Å²) in [7, 11) is 1.53. The van der Waals surface area contributed by atoms with Gasteiger partial charge in [-0.15, -0.1) is 0 Å². The number of hydrogen-bond acceptors (Lipinski definition) is 6. The molecule has 31 heavy (non-hydrogen) atoms. The molecular weight excluding hydrogens is 398 g/mol. The van der Waals surface area contributed by atoms with Crippen molar-refractivity contribution in [2.24, 2.45) is 11.7 Å². The lowest BCUT2D eigenvalue weighted by molar-refractivity contribution is -0.133. The first kappa shape index (κ1) is 25.0. The lowest BCUT2D eigenvalue weighted by atomic mass is 9.93. The Morgan fingerprint density at radius 2 is 1.74 bits per heavy atom. The van der Waals surface area contributed by atoms with Crippen LogP contribution in [0.5, 0.6) is 0 Å². The van der Waals surface area contributed by atoms with Crippen LogP contribution in [-0.2, 0) is 30.3 Å². The fourth-order valence-electron chi connectivity index (χ4n) is 3.31. The van der Waals surface area contributed by atoms with Crippen LogP contribution in [0, 0.1) is 5.92 Å². The van der Waals surface area contributed by atoms with Gasteiger partial charge in [0.05, 0.1) is 18.7 Å². The Morgan fingerprint density at radius 3 is 2.29 bits per heavy atom. The van der Waals surface area contributed by atoms with E-state index < -0.39 is 35.5 Å². The summed E-state index contributed by atoms with van der Waals surface area (Å²) < 4.78 is 10.3. The number of epoxide rings is 1. The van der Waals surface area contributed by atoms with Crippen LogP contribution in [0.4, 0.5) is 0 Å². The van der Waals surface area contributed by atoms with E-state index >= 15 is 0 Å². The molecule has 172 valence electrons. The molecule has 4 N–H and O–H groups in total. The van der Waals surface area contributed by atoms with Gasteiger partial charge in [-0.1, -0.05) is 44.2 Å². The van der Waals surface area contributed by atoms with E-state index in [2.05, 4.69) is 10.6 Å². The fraction of sp³-hybridized carbons (Fsp3) is 0.609. The van der Waals surface area contributed by atoms with E-state index in [1.165, 1.54) is 7.11 Å². The predicted octanol–water partition coefficient (Wildman–Crippen LogP) is 0.967. The molecule has 2 rings (SSSR count). The van der Waals surface area contributed by atoms with E-state index in [1.54, 1.807) is 6.92 Å². The van der Waals surface area contributed by atoms with Gasteiger partial charge in [-0.2, -0.15) is 0 Å². The van der Waals surface area contributed by atoms with Crippen molar-refractivity contribution >= 4 is 17.6 Å². The van der Waals surface area contributed by atoms with Gasteiger partial charge < -0.3 is 25.8 Å². The van der Waals surface area contributed by atoms with Gasteiger partial charge in [0.2, 0.25) is 11.8 Å². The molecule has 1 aromatic rings. The molecule has 0 unspecified atom stereocenters. The molecule has 4 atom stereocenters. The molecule has 0 radical (unpaired) electrons. The maximum absolute atomic E-state index is 13.2. The number of carbonyl (C=O) groups excluding carboxylic acids is 3. The molecule has 0 aromatic heterocycles. The van der Waals surface area contributed by atoms with Crippen molar-refractivity contribution in [3.8, 4) is 0 Å². The van der Waals surface area contributed by atoms with E-state index in [4.69, 9.17) is 15.2 Å². The van der Waals surface area contributed by atoms with Crippen LogP contribution in [0.25, 0.3) is 0 Å². The average molecular weight is 434 g/mol. The van der Waals surface area contributed by atoms with Crippen LogP contribution >= 0.6 is 0 Å². The highest BCUT2D eigenvalue weighted by Crippen LogP contribution is 2.29.